The lowest BCUT2D eigenvalue weighted by Gasteiger charge is -1.82. The van der Waals surface area contributed by atoms with Crippen LogP contribution in [0.25, 0.3) is 0 Å². The topological polar surface area (TPSA) is 29.4 Å². The number of hydrogen-bond acceptors (Lipinski definition) is 2. The molecule has 0 radical (unpaired) electrons. The molecule has 0 aliphatic rings. The van der Waals surface area contributed by atoms with Crippen LogP contribution >= 0.6 is 0 Å². The zero-order valence-corrected chi connectivity index (χ0v) is 4.64. The minimum atomic E-state index is 0.625. The van der Waals surface area contributed by atoms with Crippen molar-refractivity contribution in [2.45, 2.75) is 20.3 Å². The quantitative estimate of drug-likeness (QED) is 0.487. The third kappa shape index (κ3) is 2.09. The van der Waals surface area contributed by atoms with Gasteiger partial charge in [-0.2, -0.15) is 0 Å². The third-order valence-electron chi connectivity index (χ3n) is 0.813. The van der Waals surface area contributed by atoms with Gasteiger partial charge in [0.2, 0.25) is 0 Å². The Bertz CT molecular complexity index is 86.1. The van der Waals surface area contributed by atoms with E-state index in [0.29, 0.717) is 5.70 Å². The second-order valence-electron chi connectivity index (χ2n) is 1.22. The van der Waals surface area contributed by atoms with Gasteiger partial charge in [0.25, 0.3) is 0 Å². The van der Waals surface area contributed by atoms with Crippen molar-refractivity contribution in [2.75, 3.05) is 0 Å². The maximum atomic E-state index is 9.65. The largest absolute Gasteiger partial charge is 0.145 e. The number of nitroso groups, excluding NO2 is 1. The van der Waals surface area contributed by atoms with Crippen LogP contribution in [0.15, 0.2) is 16.9 Å². The van der Waals surface area contributed by atoms with Crippen molar-refractivity contribution in [3.8, 4) is 0 Å². The van der Waals surface area contributed by atoms with Crippen molar-refractivity contribution in [1.29, 1.82) is 0 Å². The van der Waals surface area contributed by atoms with E-state index in [1.807, 2.05) is 6.92 Å². The Labute approximate surface area is 43.2 Å². The molecule has 0 aliphatic heterocycles. The summed E-state index contributed by atoms with van der Waals surface area (Å²) in [5.41, 5.74) is 0.625. The van der Waals surface area contributed by atoms with Crippen molar-refractivity contribution < 1.29 is 0 Å². The fourth-order valence-electron chi connectivity index (χ4n) is 0.321. The second-order valence-corrected chi connectivity index (χ2v) is 1.22. The molecule has 0 spiro atoms. The van der Waals surface area contributed by atoms with Gasteiger partial charge < -0.3 is 0 Å². The smallest absolute Gasteiger partial charge is 0.0803 e. The van der Waals surface area contributed by atoms with Gasteiger partial charge in [-0.25, -0.2) is 0 Å². The van der Waals surface area contributed by atoms with E-state index in [4.69, 9.17) is 0 Å². The maximum absolute atomic E-state index is 9.65. The summed E-state index contributed by atoms with van der Waals surface area (Å²) in [6.07, 6.45) is 2.45. The summed E-state index contributed by atoms with van der Waals surface area (Å²) < 4.78 is 0. The van der Waals surface area contributed by atoms with E-state index in [1.54, 1.807) is 13.0 Å². The van der Waals surface area contributed by atoms with E-state index < -0.39 is 0 Å². The van der Waals surface area contributed by atoms with E-state index in [-0.39, 0.29) is 0 Å². The van der Waals surface area contributed by atoms with Crippen molar-refractivity contribution in [2.24, 2.45) is 5.18 Å². The molecule has 0 unspecified atom stereocenters. The number of allylic oxidation sites excluding steroid dienone is 2. The van der Waals surface area contributed by atoms with Gasteiger partial charge in [-0.15, -0.1) is 4.91 Å². The Morgan fingerprint density at radius 2 is 2.43 bits per heavy atom. The van der Waals surface area contributed by atoms with E-state index in [2.05, 4.69) is 5.18 Å². The molecule has 0 aromatic heterocycles. The highest BCUT2D eigenvalue weighted by Gasteiger charge is 1.83. The summed E-state index contributed by atoms with van der Waals surface area (Å²) >= 11 is 0. The molecule has 0 fully saturated rings. The Morgan fingerprint density at radius 1 is 1.86 bits per heavy atom. The van der Waals surface area contributed by atoms with E-state index in [9.17, 15) is 4.91 Å². The second kappa shape index (κ2) is 3.53. The van der Waals surface area contributed by atoms with Gasteiger partial charge in [-0.05, 0) is 18.5 Å². The summed E-state index contributed by atoms with van der Waals surface area (Å²) in [7, 11) is 0. The van der Waals surface area contributed by atoms with Crippen LogP contribution in [-0.2, 0) is 0 Å². The van der Waals surface area contributed by atoms with Gasteiger partial charge in [0, 0.05) is 0 Å². The molecule has 0 rings (SSSR count). The Balaban J connectivity index is 3.60. The van der Waals surface area contributed by atoms with E-state index in [0.717, 1.165) is 6.42 Å². The summed E-state index contributed by atoms with van der Waals surface area (Å²) in [6, 6.07) is 0. The first-order valence-electron chi connectivity index (χ1n) is 2.33. The van der Waals surface area contributed by atoms with Crippen LogP contribution in [0.1, 0.15) is 20.3 Å². The fraction of sp³-hybridized carbons (Fsp3) is 0.600. The maximum Gasteiger partial charge on any atom is 0.0803 e. The molecule has 0 bridgehead atoms. The highest BCUT2D eigenvalue weighted by Crippen LogP contribution is 1.98. The van der Waals surface area contributed by atoms with Crippen LogP contribution in [0.2, 0.25) is 0 Å². The molecular formula is C5H9NO. The van der Waals surface area contributed by atoms with Crippen LogP contribution in [0, 0.1) is 4.91 Å². The van der Waals surface area contributed by atoms with Crippen LogP contribution in [0.5, 0.6) is 0 Å². The predicted octanol–water partition coefficient (Wildman–Crippen LogP) is 2.07. The van der Waals surface area contributed by atoms with Gasteiger partial charge >= 0.3 is 0 Å². The lowest BCUT2D eigenvalue weighted by atomic mass is 10.3. The normalized spacial score (nSPS) is 11.4. The van der Waals surface area contributed by atoms with E-state index >= 15 is 0 Å². The molecule has 2 nitrogen and oxygen atoms in total. The lowest BCUT2D eigenvalue weighted by molar-refractivity contribution is 1.05. The van der Waals surface area contributed by atoms with Crippen LogP contribution in [0.3, 0.4) is 0 Å². The number of rotatable bonds is 2. The van der Waals surface area contributed by atoms with Crippen molar-refractivity contribution in [3.05, 3.63) is 16.7 Å². The van der Waals surface area contributed by atoms with Crippen molar-refractivity contribution >= 4 is 0 Å². The molecule has 0 aromatic rings. The van der Waals surface area contributed by atoms with Crippen LogP contribution < -0.4 is 0 Å². The molecule has 0 aromatic carbocycles. The first-order valence-corrected chi connectivity index (χ1v) is 2.33. The van der Waals surface area contributed by atoms with E-state index in [1.165, 1.54) is 0 Å². The highest BCUT2D eigenvalue weighted by atomic mass is 16.3. The molecule has 0 saturated heterocycles. The van der Waals surface area contributed by atoms with Gasteiger partial charge in [0.1, 0.15) is 0 Å². The molecule has 7 heavy (non-hydrogen) atoms. The lowest BCUT2D eigenvalue weighted by Crippen LogP contribution is -1.67. The zero-order valence-electron chi connectivity index (χ0n) is 4.64. The molecule has 0 atom stereocenters. The molecule has 0 aliphatic carbocycles. The number of hydrogen-bond donors (Lipinski definition) is 0. The molecule has 0 heterocycles. The number of nitrogens with zero attached hydrogens (tertiary/aromatic N) is 1. The third-order valence-corrected chi connectivity index (χ3v) is 0.813. The first-order chi connectivity index (χ1) is 3.35. The molecule has 0 N–H and O–H groups in total. The average Bonchev–Trinajstić information content (AvgIpc) is 1.72. The zero-order chi connectivity index (χ0) is 5.70. The molecule has 2 heteroatoms. The van der Waals surface area contributed by atoms with Crippen molar-refractivity contribution in [1.82, 2.24) is 0 Å². The average molecular weight is 99.1 g/mol. The minimum Gasteiger partial charge on any atom is -0.145 e. The first kappa shape index (κ1) is 6.34. The van der Waals surface area contributed by atoms with Crippen LogP contribution in [0.4, 0.5) is 0 Å². The monoisotopic (exact) mass is 99.1 g/mol. The summed E-state index contributed by atoms with van der Waals surface area (Å²) in [4.78, 5) is 9.65. The van der Waals surface area contributed by atoms with Gasteiger partial charge in [0.15, 0.2) is 0 Å². The SMILES string of the molecule is C/C=C(/CC)N=O. The fourth-order valence-corrected chi connectivity index (χ4v) is 0.321. The highest BCUT2D eigenvalue weighted by molar-refractivity contribution is 4.95. The summed E-state index contributed by atoms with van der Waals surface area (Å²) in [5.74, 6) is 0. The summed E-state index contributed by atoms with van der Waals surface area (Å²) in [5, 5.41) is 2.74. The standard InChI is InChI=1S/C5H9NO/c1-3-5(4-2)6-7/h3H,4H2,1-2H3/b5-3-. The molecular weight excluding hydrogens is 90.1 g/mol. The molecule has 0 saturated carbocycles. The minimum absolute atomic E-state index is 0.625. The Hall–Kier alpha value is -0.660. The van der Waals surface area contributed by atoms with Gasteiger partial charge in [-0.3, -0.25) is 0 Å². The Morgan fingerprint density at radius 3 is 2.43 bits per heavy atom. The molecule has 0 amide bonds. The summed E-state index contributed by atoms with van der Waals surface area (Å²) in [6.45, 7) is 3.71. The predicted molar refractivity (Wildman–Crippen MR) is 29.8 cm³/mol. The van der Waals surface area contributed by atoms with Gasteiger partial charge in [-0.1, -0.05) is 13.0 Å². The molecule has 40 valence electrons. The van der Waals surface area contributed by atoms with Crippen LogP contribution in [-0.4, -0.2) is 0 Å². The van der Waals surface area contributed by atoms with Gasteiger partial charge in [0.05, 0.1) is 5.70 Å². The van der Waals surface area contributed by atoms with Crippen molar-refractivity contribution in [3.63, 3.8) is 0 Å². The Kier molecular flexibility index (Phi) is 3.19.